The van der Waals surface area contributed by atoms with E-state index in [0.717, 1.165) is 17.3 Å². The molecule has 1 aromatic rings. The zero-order valence-corrected chi connectivity index (χ0v) is 16.7. The zero-order chi connectivity index (χ0) is 19.1. The Kier molecular flexibility index (Phi) is 7.63. The average Bonchev–Trinajstić information content (AvgIpc) is 2.62. The third kappa shape index (κ3) is 6.12. The number of ether oxygens (including phenoxy) is 1. The maximum absolute atomic E-state index is 12.0. The van der Waals surface area contributed by atoms with E-state index in [0.29, 0.717) is 17.4 Å². The zero-order valence-electron chi connectivity index (χ0n) is 15.1. The molecule has 0 aliphatic heterocycles. The van der Waals surface area contributed by atoms with E-state index in [1.54, 1.807) is 24.3 Å². The van der Waals surface area contributed by atoms with Gasteiger partial charge in [0, 0.05) is 16.1 Å². The lowest BCUT2D eigenvalue weighted by atomic mass is 9.78. The molecule has 3 atom stereocenters. The molecule has 7 heteroatoms. The first-order valence-electron chi connectivity index (χ1n) is 8.85. The summed E-state index contributed by atoms with van der Waals surface area (Å²) >= 11 is 3.29. The van der Waals surface area contributed by atoms with Crippen molar-refractivity contribution in [1.29, 1.82) is 0 Å². The lowest BCUT2D eigenvalue weighted by Crippen LogP contribution is -2.45. The quantitative estimate of drug-likeness (QED) is 0.687. The Morgan fingerprint density at radius 2 is 1.85 bits per heavy atom. The molecule has 0 spiro atoms. The van der Waals surface area contributed by atoms with Gasteiger partial charge >= 0.3 is 5.97 Å². The van der Waals surface area contributed by atoms with E-state index >= 15 is 0 Å². The molecule has 0 bridgehead atoms. The highest BCUT2D eigenvalue weighted by atomic mass is 79.9. The van der Waals surface area contributed by atoms with Gasteiger partial charge in [-0.25, -0.2) is 0 Å². The summed E-state index contributed by atoms with van der Waals surface area (Å²) in [5, 5.41) is 5.42. The van der Waals surface area contributed by atoms with E-state index in [-0.39, 0.29) is 31.0 Å². The number of halogens is 1. The summed E-state index contributed by atoms with van der Waals surface area (Å²) in [5.74, 6) is -0.331. The van der Waals surface area contributed by atoms with Crippen molar-refractivity contribution >= 4 is 33.7 Å². The number of amides is 2. The molecule has 142 valence electrons. The van der Waals surface area contributed by atoms with Crippen molar-refractivity contribution in [3.8, 4) is 0 Å². The van der Waals surface area contributed by atoms with Crippen LogP contribution in [0.1, 0.15) is 43.5 Å². The normalized spacial score (nSPS) is 22.3. The third-order valence-electron chi connectivity index (χ3n) is 4.92. The number of nitrogens with one attached hydrogen (secondary N) is 2. The van der Waals surface area contributed by atoms with Crippen LogP contribution in [0, 0.1) is 11.8 Å². The number of benzene rings is 1. The van der Waals surface area contributed by atoms with Crippen LogP contribution in [-0.2, 0) is 14.3 Å². The van der Waals surface area contributed by atoms with E-state index in [9.17, 15) is 14.4 Å². The molecule has 0 radical (unpaired) electrons. The molecule has 3 unspecified atom stereocenters. The molecule has 2 N–H and O–H groups in total. The number of esters is 1. The molecule has 0 heterocycles. The Hall–Kier alpha value is -1.89. The summed E-state index contributed by atoms with van der Waals surface area (Å²) in [6, 6.07) is 6.90. The molecule has 0 saturated heterocycles. The van der Waals surface area contributed by atoms with Gasteiger partial charge in [-0.1, -0.05) is 42.6 Å². The second-order valence-electron chi connectivity index (χ2n) is 6.79. The number of carbonyl (C=O) groups excluding carboxylic acids is 3. The lowest BCUT2D eigenvalue weighted by Gasteiger charge is -2.34. The van der Waals surface area contributed by atoms with Gasteiger partial charge in [-0.15, -0.1) is 0 Å². The molecule has 1 aliphatic rings. The first-order valence-corrected chi connectivity index (χ1v) is 9.65. The molecule has 2 amide bonds. The van der Waals surface area contributed by atoms with Gasteiger partial charge < -0.3 is 15.4 Å². The van der Waals surface area contributed by atoms with E-state index in [2.05, 4.69) is 40.4 Å². The summed E-state index contributed by atoms with van der Waals surface area (Å²) in [6.45, 7) is 3.72. The standard InChI is InChI=1S/C19H25BrN2O4/c1-12-4-3-5-16(13(12)2)22-17(23)11-26-18(24)10-21-19(25)14-6-8-15(20)9-7-14/h6-9,12-13,16H,3-5,10-11H2,1-2H3,(H,21,25)(H,22,23). The molecule has 0 aromatic heterocycles. The van der Waals surface area contributed by atoms with Crippen LogP contribution in [0.2, 0.25) is 0 Å². The van der Waals surface area contributed by atoms with Crippen molar-refractivity contribution in [2.24, 2.45) is 11.8 Å². The Morgan fingerprint density at radius 1 is 1.15 bits per heavy atom. The van der Waals surface area contributed by atoms with E-state index in [1.807, 2.05) is 0 Å². The van der Waals surface area contributed by atoms with E-state index in [1.165, 1.54) is 6.42 Å². The van der Waals surface area contributed by atoms with Gasteiger partial charge in [0.15, 0.2) is 6.61 Å². The Balaban J connectivity index is 1.68. The van der Waals surface area contributed by atoms with Gasteiger partial charge in [0.25, 0.3) is 11.8 Å². The number of hydrogen-bond acceptors (Lipinski definition) is 4. The molecule has 2 rings (SSSR count). The predicted molar refractivity (Wildman–Crippen MR) is 102 cm³/mol. The monoisotopic (exact) mass is 424 g/mol. The van der Waals surface area contributed by atoms with Gasteiger partial charge in [-0.2, -0.15) is 0 Å². The fourth-order valence-electron chi connectivity index (χ4n) is 3.09. The molecule has 6 nitrogen and oxygen atoms in total. The minimum absolute atomic E-state index is 0.127. The van der Waals surface area contributed by atoms with Crippen LogP contribution in [0.15, 0.2) is 28.7 Å². The minimum Gasteiger partial charge on any atom is -0.454 e. The smallest absolute Gasteiger partial charge is 0.325 e. The number of carbonyl (C=O) groups is 3. The van der Waals surface area contributed by atoms with Gasteiger partial charge in [0.1, 0.15) is 6.54 Å². The summed E-state index contributed by atoms with van der Waals surface area (Å²) in [7, 11) is 0. The molecule has 1 fully saturated rings. The fraction of sp³-hybridized carbons (Fsp3) is 0.526. The topological polar surface area (TPSA) is 84.5 Å². The number of hydrogen-bond donors (Lipinski definition) is 2. The average molecular weight is 425 g/mol. The van der Waals surface area contributed by atoms with Crippen molar-refractivity contribution in [1.82, 2.24) is 10.6 Å². The highest BCUT2D eigenvalue weighted by molar-refractivity contribution is 9.10. The van der Waals surface area contributed by atoms with Crippen molar-refractivity contribution in [3.05, 3.63) is 34.3 Å². The van der Waals surface area contributed by atoms with Crippen molar-refractivity contribution in [2.75, 3.05) is 13.2 Å². The van der Waals surface area contributed by atoms with Crippen molar-refractivity contribution in [2.45, 2.75) is 39.2 Å². The van der Waals surface area contributed by atoms with Gasteiger partial charge in [-0.05, 0) is 42.5 Å². The molecule has 1 saturated carbocycles. The highest BCUT2D eigenvalue weighted by Crippen LogP contribution is 2.29. The first-order chi connectivity index (χ1) is 12.4. The fourth-order valence-corrected chi connectivity index (χ4v) is 3.35. The van der Waals surface area contributed by atoms with Crippen LogP contribution in [-0.4, -0.2) is 37.0 Å². The summed E-state index contributed by atoms with van der Waals surface area (Å²) in [4.78, 5) is 35.6. The van der Waals surface area contributed by atoms with Crippen LogP contribution in [0.5, 0.6) is 0 Å². The highest BCUT2D eigenvalue weighted by Gasteiger charge is 2.28. The largest absolute Gasteiger partial charge is 0.454 e. The van der Waals surface area contributed by atoms with Crippen molar-refractivity contribution < 1.29 is 19.1 Å². The molecular formula is C19H25BrN2O4. The van der Waals surface area contributed by atoms with E-state index < -0.39 is 5.97 Å². The maximum Gasteiger partial charge on any atom is 0.325 e. The van der Waals surface area contributed by atoms with Crippen LogP contribution < -0.4 is 10.6 Å². The van der Waals surface area contributed by atoms with Gasteiger partial charge in [0.2, 0.25) is 0 Å². The molecule has 1 aromatic carbocycles. The van der Waals surface area contributed by atoms with Crippen LogP contribution in [0.3, 0.4) is 0 Å². The molecule has 26 heavy (non-hydrogen) atoms. The third-order valence-corrected chi connectivity index (χ3v) is 5.45. The second kappa shape index (κ2) is 9.71. The van der Waals surface area contributed by atoms with Crippen LogP contribution >= 0.6 is 15.9 Å². The maximum atomic E-state index is 12.0. The lowest BCUT2D eigenvalue weighted by molar-refractivity contribution is -0.147. The van der Waals surface area contributed by atoms with Crippen LogP contribution in [0.4, 0.5) is 0 Å². The summed E-state index contributed by atoms with van der Waals surface area (Å²) in [6.07, 6.45) is 3.23. The first kappa shape index (κ1) is 20.4. The SMILES string of the molecule is CC1CCCC(NC(=O)COC(=O)CNC(=O)c2ccc(Br)cc2)C1C. The number of rotatable bonds is 6. The van der Waals surface area contributed by atoms with E-state index in [4.69, 9.17) is 4.74 Å². The summed E-state index contributed by atoms with van der Waals surface area (Å²) in [5.41, 5.74) is 0.444. The van der Waals surface area contributed by atoms with Gasteiger partial charge in [0.05, 0.1) is 0 Å². The second-order valence-corrected chi connectivity index (χ2v) is 7.71. The molecular weight excluding hydrogens is 400 g/mol. The Labute approximate surface area is 162 Å². The summed E-state index contributed by atoms with van der Waals surface area (Å²) < 4.78 is 5.80. The Bertz CT molecular complexity index is 647. The van der Waals surface area contributed by atoms with Gasteiger partial charge in [-0.3, -0.25) is 14.4 Å². The predicted octanol–water partition coefficient (Wildman–Crippen LogP) is 2.66. The van der Waals surface area contributed by atoms with Crippen molar-refractivity contribution in [3.63, 3.8) is 0 Å². The molecule has 1 aliphatic carbocycles. The van der Waals surface area contributed by atoms with Crippen LogP contribution in [0.25, 0.3) is 0 Å². The minimum atomic E-state index is -0.643. The Morgan fingerprint density at radius 3 is 2.54 bits per heavy atom.